The van der Waals surface area contributed by atoms with Crippen molar-refractivity contribution in [3.8, 4) is 5.75 Å². The molecule has 30 heavy (non-hydrogen) atoms. The number of Topliss-reactive ketones (excluding diaryl/α,β-unsaturated/α-hetero) is 1. The molecule has 2 heterocycles. The standard InChI is InChI=1S/C25H25N3O2/c1-17(18-8-4-3-5-9-18)12-21(29)14-20-13-19-15-27-25(22(19)16-26-20)28-23-10-6-7-11-24(23)30-2/h3-11,13,16-17H,12,14-15H2,1-2H3,(H,27,28)/t17-/m0/s1. The zero-order chi connectivity index (χ0) is 20.9. The summed E-state index contributed by atoms with van der Waals surface area (Å²) in [6.45, 7) is 2.67. The predicted molar refractivity (Wildman–Crippen MR) is 119 cm³/mol. The number of ketones is 1. The van der Waals surface area contributed by atoms with Crippen LogP contribution in [0.3, 0.4) is 0 Å². The molecule has 5 nitrogen and oxygen atoms in total. The van der Waals surface area contributed by atoms with E-state index in [4.69, 9.17) is 4.74 Å². The van der Waals surface area contributed by atoms with Gasteiger partial charge < -0.3 is 10.1 Å². The number of anilines is 1. The molecule has 1 atom stereocenters. The number of aliphatic imine (C=N–C) groups is 1. The molecular formula is C25H25N3O2. The fourth-order valence-electron chi connectivity index (χ4n) is 3.73. The molecule has 0 aliphatic carbocycles. The Morgan fingerprint density at radius 3 is 2.70 bits per heavy atom. The predicted octanol–water partition coefficient (Wildman–Crippen LogP) is 4.77. The van der Waals surface area contributed by atoms with Crippen LogP contribution in [-0.4, -0.2) is 23.7 Å². The summed E-state index contributed by atoms with van der Waals surface area (Å²) in [4.78, 5) is 21.7. The third-order valence-electron chi connectivity index (χ3n) is 5.35. The second-order valence-corrected chi connectivity index (χ2v) is 7.55. The van der Waals surface area contributed by atoms with E-state index in [-0.39, 0.29) is 11.7 Å². The zero-order valence-electron chi connectivity index (χ0n) is 17.3. The summed E-state index contributed by atoms with van der Waals surface area (Å²) in [5, 5.41) is 3.34. The number of carbonyl (C=O) groups is 1. The Labute approximate surface area is 176 Å². The van der Waals surface area contributed by atoms with Crippen LogP contribution in [0.1, 0.15) is 41.6 Å². The minimum absolute atomic E-state index is 0.199. The number of rotatable bonds is 7. The Morgan fingerprint density at radius 2 is 1.90 bits per heavy atom. The Bertz CT molecular complexity index is 1080. The Kier molecular flexibility index (Phi) is 5.89. The molecule has 0 saturated heterocycles. The molecule has 0 spiro atoms. The number of fused-ring (bicyclic) bond motifs is 1. The van der Waals surface area contributed by atoms with Crippen LogP contribution in [0.25, 0.3) is 0 Å². The van der Waals surface area contributed by atoms with Crippen molar-refractivity contribution in [3.05, 3.63) is 89.2 Å². The van der Waals surface area contributed by atoms with E-state index in [2.05, 4.69) is 34.3 Å². The summed E-state index contributed by atoms with van der Waals surface area (Å²) in [5.74, 6) is 1.94. The Hall–Kier alpha value is -3.47. The highest BCUT2D eigenvalue weighted by atomic mass is 16.5. The number of amidine groups is 1. The Balaban J connectivity index is 1.41. The van der Waals surface area contributed by atoms with Crippen LogP contribution in [0.15, 0.2) is 71.9 Å². The first-order chi connectivity index (χ1) is 14.6. The molecule has 5 heteroatoms. The molecule has 2 aromatic carbocycles. The van der Waals surface area contributed by atoms with Crippen molar-refractivity contribution >= 4 is 17.3 Å². The molecule has 3 aromatic rings. The van der Waals surface area contributed by atoms with Crippen molar-refractivity contribution in [2.24, 2.45) is 4.99 Å². The summed E-state index contributed by atoms with van der Waals surface area (Å²) >= 11 is 0. The SMILES string of the molecule is COc1ccccc1NC1=NCc2cc(CC(=O)C[C@H](C)c3ccccc3)ncc21. The quantitative estimate of drug-likeness (QED) is 0.622. The number of benzene rings is 2. The molecule has 4 rings (SSSR count). The number of carbonyl (C=O) groups excluding carboxylic acids is 1. The number of ether oxygens (including phenoxy) is 1. The maximum atomic E-state index is 12.6. The second-order valence-electron chi connectivity index (χ2n) is 7.55. The molecule has 0 radical (unpaired) electrons. The van der Waals surface area contributed by atoms with Gasteiger partial charge in [-0.25, -0.2) is 0 Å². The van der Waals surface area contributed by atoms with Crippen LogP contribution in [0, 0.1) is 0 Å². The fraction of sp³-hybridized carbons (Fsp3) is 0.240. The van der Waals surface area contributed by atoms with Gasteiger partial charge in [0, 0.05) is 30.3 Å². The van der Waals surface area contributed by atoms with Gasteiger partial charge in [-0.3, -0.25) is 14.8 Å². The number of nitrogens with one attached hydrogen (secondary N) is 1. The van der Waals surface area contributed by atoms with Crippen LogP contribution in [0.2, 0.25) is 0 Å². The van der Waals surface area contributed by atoms with Gasteiger partial charge in [-0.1, -0.05) is 49.4 Å². The normalized spacial score (nSPS) is 13.3. The summed E-state index contributed by atoms with van der Waals surface area (Å²) in [5.41, 5.74) is 4.90. The monoisotopic (exact) mass is 399 g/mol. The first kappa shape index (κ1) is 19.8. The highest BCUT2D eigenvalue weighted by Gasteiger charge is 2.19. The third kappa shape index (κ3) is 4.40. The molecule has 0 saturated carbocycles. The van der Waals surface area contributed by atoms with Crippen LogP contribution in [-0.2, 0) is 17.8 Å². The minimum atomic E-state index is 0.199. The highest BCUT2D eigenvalue weighted by molar-refractivity contribution is 6.11. The smallest absolute Gasteiger partial charge is 0.142 e. The topological polar surface area (TPSA) is 63.6 Å². The van der Waals surface area contributed by atoms with E-state index in [1.165, 1.54) is 5.56 Å². The molecule has 0 unspecified atom stereocenters. The number of hydrogen-bond donors (Lipinski definition) is 1. The molecule has 152 valence electrons. The number of para-hydroxylation sites is 2. The summed E-state index contributed by atoms with van der Waals surface area (Å²) in [6.07, 6.45) is 2.67. The van der Waals surface area contributed by atoms with E-state index in [1.807, 2.05) is 54.7 Å². The summed E-state index contributed by atoms with van der Waals surface area (Å²) < 4.78 is 5.40. The molecule has 0 fully saturated rings. The zero-order valence-corrected chi connectivity index (χ0v) is 17.3. The van der Waals surface area contributed by atoms with Gasteiger partial charge in [0.05, 0.1) is 19.3 Å². The maximum Gasteiger partial charge on any atom is 0.142 e. The van der Waals surface area contributed by atoms with Gasteiger partial charge in [-0.05, 0) is 35.2 Å². The molecule has 1 aliphatic rings. The molecule has 1 aromatic heterocycles. The van der Waals surface area contributed by atoms with E-state index in [0.717, 1.165) is 34.1 Å². The number of aromatic nitrogens is 1. The van der Waals surface area contributed by atoms with Crippen molar-refractivity contribution in [3.63, 3.8) is 0 Å². The van der Waals surface area contributed by atoms with Crippen LogP contribution in [0.5, 0.6) is 5.75 Å². The van der Waals surface area contributed by atoms with E-state index >= 15 is 0 Å². The van der Waals surface area contributed by atoms with Gasteiger partial charge in [-0.15, -0.1) is 0 Å². The average molecular weight is 399 g/mol. The van der Waals surface area contributed by atoms with Crippen LogP contribution >= 0.6 is 0 Å². The van der Waals surface area contributed by atoms with E-state index in [9.17, 15) is 4.79 Å². The summed E-state index contributed by atoms with van der Waals surface area (Å²) in [6, 6.07) is 19.9. The average Bonchev–Trinajstić information content (AvgIpc) is 3.16. The molecule has 1 N–H and O–H groups in total. The van der Waals surface area contributed by atoms with Gasteiger partial charge >= 0.3 is 0 Å². The fourth-order valence-corrected chi connectivity index (χ4v) is 3.73. The van der Waals surface area contributed by atoms with Crippen molar-refractivity contribution in [1.82, 2.24) is 4.98 Å². The first-order valence-electron chi connectivity index (χ1n) is 10.1. The second kappa shape index (κ2) is 8.91. The van der Waals surface area contributed by atoms with Crippen molar-refractivity contribution in [2.75, 3.05) is 12.4 Å². The van der Waals surface area contributed by atoms with Crippen LogP contribution in [0.4, 0.5) is 5.69 Å². The number of methoxy groups -OCH3 is 1. The van der Waals surface area contributed by atoms with Gasteiger partial charge in [0.25, 0.3) is 0 Å². The van der Waals surface area contributed by atoms with E-state index in [0.29, 0.717) is 19.4 Å². The summed E-state index contributed by atoms with van der Waals surface area (Å²) in [7, 11) is 1.65. The molecule has 1 aliphatic heterocycles. The molecular weight excluding hydrogens is 374 g/mol. The number of hydrogen-bond acceptors (Lipinski definition) is 5. The lowest BCUT2D eigenvalue weighted by atomic mass is 9.94. The lowest BCUT2D eigenvalue weighted by Crippen LogP contribution is -2.14. The maximum absolute atomic E-state index is 12.6. The lowest BCUT2D eigenvalue weighted by Gasteiger charge is -2.12. The molecule has 0 amide bonds. The van der Waals surface area contributed by atoms with Gasteiger partial charge in [0.1, 0.15) is 17.4 Å². The van der Waals surface area contributed by atoms with Crippen molar-refractivity contribution in [2.45, 2.75) is 32.2 Å². The lowest BCUT2D eigenvalue weighted by molar-refractivity contribution is -0.118. The van der Waals surface area contributed by atoms with Gasteiger partial charge in [0.2, 0.25) is 0 Å². The molecule has 0 bridgehead atoms. The highest BCUT2D eigenvalue weighted by Crippen LogP contribution is 2.27. The van der Waals surface area contributed by atoms with Gasteiger partial charge in [0.15, 0.2) is 0 Å². The van der Waals surface area contributed by atoms with Crippen LogP contribution < -0.4 is 10.1 Å². The van der Waals surface area contributed by atoms with E-state index < -0.39 is 0 Å². The first-order valence-corrected chi connectivity index (χ1v) is 10.1. The largest absolute Gasteiger partial charge is 0.495 e. The number of nitrogens with zero attached hydrogens (tertiary/aromatic N) is 2. The van der Waals surface area contributed by atoms with Gasteiger partial charge in [-0.2, -0.15) is 0 Å². The third-order valence-corrected chi connectivity index (χ3v) is 5.35. The van der Waals surface area contributed by atoms with E-state index in [1.54, 1.807) is 7.11 Å². The number of pyridine rings is 1. The minimum Gasteiger partial charge on any atom is -0.495 e. The Morgan fingerprint density at radius 1 is 1.13 bits per heavy atom. The van der Waals surface area contributed by atoms with Crippen molar-refractivity contribution in [1.29, 1.82) is 0 Å². The van der Waals surface area contributed by atoms with Crippen molar-refractivity contribution < 1.29 is 9.53 Å².